The van der Waals surface area contributed by atoms with E-state index < -0.39 is 16.0 Å². The van der Waals surface area contributed by atoms with Crippen LogP contribution in [0.2, 0.25) is 0 Å². The Hall–Kier alpha value is -1.60. The lowest BCUT2D eigenvalue weighted by Crippen LogP contribution is -2.31. The first-order chi connectivity index (χ1) is 11.0. The van der Waals surface area contributed by atoms with Gasteiger partial charge in [0.15, 0.2) is 6.61 Å². The second-order valence-corrected chi connectivity index (χ2v) is 7.32. The molecule has 1 heterocycles. The first-order valence-corrected chi connectivity index (χ1v) is 9.36. The number of ether oxygens (including phenoxy) is 2. The largest absolute Gasteiger partial charge is 0.482 e. The van der Waals surface area contributed by atoms with E-state index in [4.69, 9.17) is 9.47 Å². The summed E-state index contributed by atoms with van der Waals surface area (Å²) in [6.45, 7) is 2.98. The molecule has 0 amide bonds. The lowest BCUT2D eigenvalue weighted by Gasteiger charge is -2.20. The fourth-order valence-electron chi connectivity index (χ4n) is 2.48. The number of hydrogen-bond acceptors (Lipinski definition) is 5. The van der Waals surface area contributed by atoms with Crippen molar-refractivity contribution in [2.45, 2.75) is 37.5 Å². The van der Waals surface area contributed by atoms with Crippen molar-refractivity contribution in [3.05, 3.63) is 24.3 Å². The van der Waals surface area contributed by atoms with Crippen LogP contribution in [-0.2, 0) is 19.6 Å². The summed E-state index contributed by atoms with van der Waals surface area (Å²) >= 11 is 0. The predicted octanol–water partition coefficient (Wildman–Crippen LogP) is 2.19. The van der Waals surface area contributed by atoms with E-state index in [0.29, 0.717) is 25.4 Å². The number of carbonyl (C=O) groups excluding carboxylic acids is 1. The average Bonchev–Trinajstić information content (AvgIpc) is 2.83. The average molecular weight is 341 g/mol. The van der Waals surface area contributed by atoms with Crippen molar-refractivity contribution < 1.29 is 22.7 Å². The Labute approximate surface area is 137 Å². The zero-order chi connectivity index (χ0) is 16.7. The molecule has 1 aromatic carbocycles. The van der Waals surface area contributed by atoms with Crippen molar-refractivity contribution in [3.63, 3.8) is 0 Å². The molecule has 0 saturated carbocycles. The first kappa shape index (κ1) is 17.7. The Morgan fingerprint density at radius 2 is 1.70 bits per heavy atom. The highest BCUT2D eigenvalue weighted by molar-refractivity contribution is 7.89. The summed E-state index contributed by atoms with van der Waals surface area (Å²) in [5, 5.41) is 0. The molecule has 0 atom stereocenters. The zero-order valence-electron chi connectivity index (χ0n) is 13.4. The van der Waals surface area contributed by atoms with Gasteiger partial charge < -0.3 is 9.47 Å². The molecule has 0 unspecified atom stereocenters. The molecule has 1 fully saturated rings. The molecule has 1 aliphatic rings. The highest BCUT2D eigenvalue weighted by Crippen LogP contribution is 2.22. The van der Waals surface area contributed by atoms with Gasteiger partial charge in [-0.3, -0.25) is 0 Å². The molecule has 0 N–H and O–H groups in total. The van der Waals surface area contributed by atoms with Gasteiger partial charge in [-0.15, -0.1) is 0 Å². The van der Waals surface area contributed by atoms with E-state index in [2.05, 4.69) is 0 Å². The third-order valence-electron chi connectivity index (χ3n) is 3.69. The summed E-state index contributed by atoms with van der Waals surface area (Å²) in [6, 6.07) is 6.15. The lowest BCUT2D eigenvalue weighted by atomic mass is 10.2. The van der Waals surface area contributed by atoms with E-state index in [0.717, 1.165) is 25.7 Å². The van der Waals surface area contributed by atoms with Gasteiger partial charge in [0.25, 0.3) is 0 Å². The number of esters is 1. The van der Waals surface area contributed by atoms with Gasteiger partial charge in [0.05, 0.1) is 11.5 Å². The van der Waals surface area contributed by atoms with Crippen LogP contribution in [0, 0.1) is 0 Å². The fraction of sp³-hybridized carbons (Fsp3) is 0.562. The lowest BCUT2D eigenvalue weighted by molar-refractivity contribution is -0.145. The van der Waals surface area contributed by atoms with Crippen molar-refractivity contribution in [1.82, 2.24) is 4.31 Å². The van der Waals surface area contributed by atoms with Gasteiger partial charge in [-0.2, -0.15) is 4.31 Å². The second-order valence-electron chi connectivity index (χ2n) is 5.38. The normalized spacial score (nSPS) is 16.6. The fourth-order valence-corrected chi connectivity index (χ4v) is 4.00. The Bertz CT molecular complexity index is 604. The molecule has 23 heavy (non-hydrogen) atoms. The molecule has 1 saturated heterocycles. The topological polar surface area (TPSA) is 72.9 Å². The highest BCUT2D eigenvalue weighted by atomic mass is 32.2. The van der Waals surface area contributed by atoms with Gasteiger partial charge in [0, 0.05) is 13.1 Å². The van der Waals surface area contributed by atoms with E-state index in [-0.39, 0.29) is 11.5 Å². The first-order valence-electron chi connectivity index (χ1n) is 7.92. The summed E-state index contributed by atoms with van der Waals surface area (Å²) in [5.41, 5.74) is 0. The summed E-state index contributed by atoms with van der Waals surface area (Å²) < 4.78 is 36.8. The Morgan fingerprint density at radius 1 is 1.09 bits per heavy atom. The maximum Gasteiger partial charge on any atom is 0.344 e. The molecular formula is C16H23NO5S. The minimum Gasteiger partial charge on any atom is -0.482 e. The number of benzene rings is 1. The Balaban J connectivity index is 2.01. The van der Waals surface area contributed by atoms with E-state index in [9.17, 15) is 13.2 Å². The summed E-state index contributed by atoms with van der Waals surface area (Å²) in [7, 11) is -3.46. The molecule has 2 rings (SSSR count). The molecule has 0 aromatic heterocycles. The van der Waals surface area contributed by atoms with Gasteiger partial charge in [0.2, 0.25) is 10.0 Å². The molecule has 0 bridgehead atoms. The molecule has 7 heteroatoms. The van der Waals surface area contributed by atoms with Crippen LogP contribution in [0.1, 0.15) is 32.6 Å². The van der Waals surface area contributed by atoms with Crippen molar-refractivity contribution in [2.75, 3.05) is 26.3 Å². The maximum absolute atomic E-state index is 12.6. The minimum atomic E-state index is -3.46. The smallest absolute Gasteiger partial charge is 0.344 e. The van der Waals surface area contributed by atoms with Crippen LogP contribution >= 0.6 is 0 Å². The number of hydrogen-bond donors (Lipinski definition) is 0. The van der Waals surface area contributed by atoms with Crippen LogP contribution in [0.4, 0.5) is 0 Å². The molecule has 128 valence electrons. The van der Waals surface area contributed by atoms with Gasteiger partial charge >= 0.3 is 5.97 Å². The molecule has 0 aliphatic carbocycles. The molecule has 6 nitrogen and oxygen atoms in total. The van der Waals surface area contributed by atoms with Crippen LogP contribution in [0.3, 0.4) is 0 Å². The number of nitrogens with zero attached hydrogens (tertiary/aromatic N) is 1. The maximum atomic E-state index is 12.6. The number of rotatable bonds is 6. The van der Waals surface area contributed by atoms with Crippen molar-refractivity contribution >= 4 is 16.0 Å². The number of sulfonamides is 1. The van der Waals surface area contributed by atoms with Crippen molar-refractivity contribution in [2.24, 2.45) is 0 Å². The SMILES string of the molecule is CCOC(=O)COc1ccc(S(=O)(=O)N2CCCCCC2)cc1. The molecule has 0 spiro atoms. The van der Waals surface area contributed by atoms with E-state index in [1.54, 1.807) is 23.4 Å². The van der Waals surface area contributed by atoms with Crippen molar-refractivity contribution in [3.8, 4) is 5.75 Å². The third-order valence-corrected chi connectivity index (χ3v) is 5.60. The predicted molar refractivity (Wildman–Crippen MR) is 85.8 cm³/mol. The monoisotopic (exact) mass is 341 g/mol. The van der Waals surface area contributed by atoms with E-state index in [1.165, 1.54) is 12.1 Å². The van der Waals surface area contributed by atoms with E-state index in [1.807, 2.05) is 0 Å². The van der Waals surface area contributed by atoms with Crippen LogP contribution in [0.25, 0.3) is 0 Å². The number of carbonyl (C=O) groups is 1. The minimum absolute atomic E-state index is 0.188. The Kier molecular flexibility index (Phi) is 6.41. The van der Waals surface area contributed by atoms with Crippen LogP contribution < -0.4 is 4.74 Å². The van der Waals surface area contributed by atoms with Crippen molar-refractivity contribution in [1.29, 1.82) is 0 Å². The molecule has 1 aliphatic heterocycles. The van der Waals surface area contributed by atoms with E-state index >= 15 is 0 Å². The quantitative estimate of drug-likeness (QED) is 0.742. The summed E-state index contributed by atoms with van der Waals surface area (Å²) in [5.74, 6) is -0.0124. The zero-order valence-corrected chi connectivity index (χ0v) is 14.2. The third kappa shape index (κ3) is 4.94. The highest BCUT2D eigenvalue weighted by Gasteiger charge is 2.24. The molecule has 1 aromatic rings. The second kappa shape index (κ2) is 8.31. The standard InChI is InChI=1S/C16H23NO5S/c1-2-21-16(18)13-22-14-7-9-15(10-8-14)23(19,20)17-11-5-3-4-6-12-17/h7-10H,2-6,11-13H2,1H3. The summed E-state index contributed by atoms with van der Waals surface area (Å²) in [4.78, 5) is 11.5. The Morgan fingerprint density at radius 3 is 2.26 bits per heavy atom. The summed E-state index contributed by atoms with van der Waals surface area (Å²) in [6.07, 6.45) is 3.96. The van der Waals surface area contributed by atoms with Crippen LogP contribution in [-0.4, -0.2) is 45.0 Å². The van der Waals surface area contributed by atoms with Gasteiger partial charge in [-0.05, 0) is 44.0 Å². The van der Waals surface area contributed by atoms with Gasteiger partial charge in [-0.1, -0.05) is 12.8 Å². The van der Waals surface area contributed by atoms with Gasteiger partial charge in [-0.25, -0.2) is 13.2 Å². The molecular weight excluding hydrogens is 318 g/mol. The van der Waals surface area contributed by atoms with Crippen LogP contribution in [0.5, 0.6) is 5.75 Å². The van der Waals surface area contributed by atoms with Gasteiger partial charge in [0.1, 0.15) is 5.75 Å². The van der Waals surface area contributed by atoms with Crippen LogP contribution in [0.15, 0.2) is 29.2 Å². The molecule has 0 radical (unpaired) electrons.